The van der Waals surface area contributed by atoms with E-state index in [1.165, 1.54) is 0 Å². The lowest BCUT2D eigenvalue weighted by atomic mass is 10.00. The first-order valence-corrected chi connectivity index (χ1v) is 7.63. The van der Waals surface area contributed by atoms with Crippen LogP contribution in [0.2, 0.25) is 0 Å². The van der Waals surface area contributed by atoms with E-state index in [0.717, 1.165) is 19.3 Å². The molecule has 2 atom stereocenters. The number of hydrogen-bond acceptors (Lipinski definition) is 4. The topological polar surface area (TPSA) is 84.7 Å². The maximum Gasteiger partial charge on any atom is 0.264 e. The van der Waals surface area contributed by atoms with Gasteiger partial charge >= 0.3 is 0 Å². The van der Waals surface area contributed by atoms with Crippen molar-refractivity contribution in [3.63, 3.8) is 0 Å². The molecule has 0 saturated heterocycles. The summed E-state index contributed by atoms with van der Waals surface area (Å²) in [6.07, 6.45) is 3.57. The van der Waals surface area contributed by atoms with Crippen LogP contribution in [-0.4, -0.2) is 31.5 Å². The van der Waals surface area contributed by atoms with E-state index in [2.05, 4.69) is 5.32 Å². The number of benzene rings is 1. The first-order chi connectivity index (χ1) is 10.5. The number of hydrogen-bond donors (Lipinski definition) is 2. The van der Waals surface area contributed by atoms with Gasteiger partial charge in [-0.05, 0) is 37.0 Å². The van der Waals surface area contributed by atoms with E-state index in [-0.39, 0.29) is 30.4 Å². The summed E-state index contributed by atoms with van der Waals surface area (Å²) in [5.41, 5.74) is 7.34. The van der Waals surface area contributed by atoms with E-state index >= 15 is 0 Å². The summed E-state index contributed by atoms with van der Waals surface area (Å²) in [4.78, 5) is 25.3. The third kappa shape index (κ3) is 2.92. The summed E-state index contributed by atoms with van der Waals surface area (Å²) in [7, 11) is 1.70. The molecule has 0 aromatic heterocycles. The molecule has 6 heteroatoms. The van der Waals surface area contributed by atoms with Crippen molar-refractivity contribution in [2.75, 3.05) is 23.9 Å². The van der Waals surface area contributed by atoms with Crippen LogP contribution in [0.5, 0.6) is 5.75 Å². The van der Waals surface area contributed by atoms with Crippen LogP contribution in [-0.2, 0) is 9.59 Å². The van der Waals surface area contributed by atoms with Gasteiger partial charge in [0.2, 0.25) is 5.91 Å². The lowest BCUT2D eigenvalue weighted by Gasteiger charge is -2.26. The highest BCUT2D eigenvalue weighted by Crippen LogP contribution is 2.34. The predicted molar refractivity (Wildman–Crippen MR) is 83.9 cm³/mol. The minimum Gasteiger partial charge on any atom is -0.482 e. The van der Waals surface area contributed by atoms with Gasteiger partial charge in [-0.1, -0.05) is 6.42 Å². The standard InChI is InChI=1S/C16H21N3O3/c1-19-13-8-11(5-6-14(13)22-9-16(19)21)18-15(20)7-10-3-2-4-12(10)17/h5-6,8,10,12H,2-4,7,9,17H2,1H3,(H,18,20)/t10-,12+/m0/s1. The van der Waals surface area contributed by atoms with Crippen LogP contribution in [0.4, 0.5) is 11.4 Å². The van der Waals surface area contributed by atoms with Crippen LogP contribution >= 0.6 is 0 Å². The normalized spacial score (nSPS) is 23.9. The summed E-state index contributed by atoms with van der Waals surface area (Å²) in [6, 6.07) is 5.45. The number of ether oxygens (including phenoxy) is 1. The Balaban J connectivity index is 1.68. The maximum atomic E-state index is 12.1. The van der Waals surface area contributed by atoms with Crippen LogP contribution in [0.3, 0.4) is 0 Å². The summed E-state index contributed by atoms with van der Waals surface area (Å²) in [6.45, 7) is 0.0504. The van der Waals surface area contributed by atoms with Crippen LogP contribution in [0, 0.1) is 5.92 Å². The van der Waals surface area contributed by atoms with Gasteiger partial charge in [0, 0.05) is 25.2 Å². The Kier molecular flexibility index (Phi) is 4.02. The van der Waals surface area contributed by atoms with Gasteiger partial charge in [-0.3, -0.25) is 9.59 Å². The number of carbonyl (C=O) groups excluding carboxylic acids is 2. The van der Waals surface area contributed by atoms with Crippen molar-refractivity contribution in [2.45, 2.75) is 31.7 Å². The molecular formula is C16H21N3O3. The molecule has 1 heterocycles. The van der Waals surface area contributed by atoms with Gasteiger partial charge < -0.3 is 20.7 Å². The molecule has 1 aromatic carbocycles. The predicted octanol–water partition coefficient (Wildman–Crippen LogP) is 1.50. The number of rotatable bonds is 3. The molecule has 22 heavy (non-hydrogen) atoms. The highest BCUT2D eigenvalue weighted by Gasteiger charge is 2.26. The van der Waals surface area contributed by atoms with Gasteiger partial charge in [0.25, 0.3) is 5.91 Å². The van der Waals surface area contributed by atoms with Crippen molar-refractivity contribution in [1.29, 1.82) is 0 Å². The minimum atomic E-state index is -0.104. The van der Waals surface area contributed by atoms with E-state index in [1.54, 1.807) is 30.1 Å². The van der Waals surface area contributed by atoms with Gasteiger partial charge in [0.05, 0.1) is 5.69 Å². The number of fused-ring (bicyclic) bond motifs is 1. The molecule has 0 unspecified atom stereocenters. The summed E-state index contributed by atoms with van der Waals surface area (Å²) in [5.74, 6) is 0.782. The Morgan fingerprint density at radius 1 is 1.45 bits per heavy atom. The van der Waals surface area contributed by atoms with E-state index in [0.29, 0.717) is 23.5 Å². The van der Waals surface area contributed by atoms with Gasteiger partial charge in [0.1, 0.15) is 5.75 Å². The van der Waals surface area contributed by atoms with Crippen molar-refractivity contribution >= 4 is 23.2 Å². The van der Waals surface area contributed by atoms with Crippen molar-refractivity contribution in [3.8, 4) is 5.75 Å². The molecule has 0 spiro atoms. The molecule has 2 aliphatic rings. The number of anilines is 2. The second-order valence-corrected chi connectivity index (χ2v) is 6.03. The van der Waals surface area contributed by atoms with Crippen molar-refractivity contribution in [2.24, 2.45) is 11.7 Å². The SMILES string of the molecule is CN1C(=O)COc2ccc(NC(=O)C[C@@H]3CCC[C@H]3N)cc21. The Morgan fingerprint density at radius 2 is 2.27 bits per heavy atom. The van der Waals surface area contributed by atoms with E-state index in [9.17, 15) is 9.59 Å². The van der Waals surface area contributed by atoms with Gasteiger partial charge in [-0.15, -0.1) is 0 Å². The number of amides is 2. The van der Waals surface area contributed by atoms with Gasteiger partial charge in [0.15, 0.2) is 6.61 Å². The average Bonchev–Trinajstić information content (AvgIpc) is 2.88. The molecule has 1 fully saturated rings. The fraction of sp³-hybridized carbons (Fsp3) is 0.500. The molecule has 0 radical (unpaired) electrons. The number of nitrogens with two attached hydrogens (primary N) is 1. The monoisotopic (exact) mass is 303 g/mol. The molecule has 1 aromatic rings. The van der Waals surface area contributed by atoms with Gasteiger partial charge in [-0.25, -0.2) is 0 Å². The number of nitrogens with one attached hydrogen (secondary N) is 1. The maximum absolute atomic E-state index is 12.1. The number of nitrogens with zero attached hydrogens (tertiary/aromatic N) is 1. The summed E-state index contributed by atoms with van der Waals surface area (Å²) in [5, 5.41) is 2.89. The quantitative estimate of drug-likeness (QED) is 0.886. The molecule has 118 valence electrons. The Hall–Kier alpha value is -2.08. The van der Waals surface area contributed by atoms with E-state index < -0.39 is 0 Å². The molecule has 3 N–H and O–H groups in total. The fourth-order valence-electron chi connectivity index (χ4n) is 3.12. The van der Waals surface area contributed by atoms with Gasteiger partial charge in [-0.2, -0.15) is 0 Å². The van der Waals surface area contributed by atoms with Crippen LogP contribution in [0.25, 0.3) is 0 Å². The highest BCUT2D eigenvalue weighted by atomic mass is 16.5. The highest BCUT2D eigenvalue weighted by molar-refractivity contribution is 5.99. The van der Waals surface area contributed by atoms with Crippen LogP contribution < -0.4 is 20.7 Å². The third-order valence-electron chi connectivity index (χ3n) is 4.49. The molecule has 1 aliphatic heterocycles. The van der Waals surface area contributed by atoms with Crippen molar-refractivity contribution in [3.05, 3.63) is 18.2 Å². The van der Waals surface area contributed by atoms with Crippen molar-refractivity contribution < 1.29 is 14.3 Å². The van der Waals surface area contributed by atoms with E-state index in [4.69, 9.17) is 10.5 Å². The zero-order valence-electron chi connectivity index (χ0n) is 12.7. The lowest BCUT2D eigenvalue weighted by Crippen LogP contribution is -2.35. The number of carbonyl (C=O) groups is 2. The Labute approximate surface area is 129 Å². The first-order valence-electron chi connectivity index (χ1n) is 7.63. The van der Waals surface area contributed by atoms with Crippen LogP contribution in [0.1, 0.15) is 25.7 Å². The fourth-order valence-corrected chi connectivity index (χ4v) is 3.12. The zero-order valence-corrected chi connectivity index (χ0v) is 12.7. The Morgan fingerprint density at radius 3 is 3.00 bits per heavy atom. The Bertz CT molecular complexity index is 602. The number of likely N-dealkylation sites (N-methyl/N-ethyl adjacent to an activating group) is 1. The second kappa shape index (κ2) is 5.96. The summed E-state index contributed by atoms with van der Waals surface area (Å²) < 4.78 is 5.37. The molecule has 0 bridgehead atoms. The zero-order chi connectivity index (χ0) is 15.7. The molecular weight excluding hydrogens is 282 g/mol. The smallest absolute Gasteiger partial charge is 0.264 e. The first kappa shape index (κ1) is 14.8. The van der Waals surface area contributed by atoms with Crippen molar-refractivity contribution in [1.82, 2.24) is 0 Å². The average molecular weight is 303 g/mol. The molecule has 3 rings (SSSR count). The largest absolute Gasteiger partial charge is 0.482 e. The minimum absolute atomic E-state index is 0.0343. The van der Waals surface area contributed by atoms with E-state index in [1.807, 2.05) is 0 Å². The molecule has 6 nitrogen and oxygen atoms in total. The lowest BCUT2D eigenvalue weighted by molar-refractivity contribution is -0.121. The second-order valence-electron chi connectivity index (χ2n) is 6.03. The summed E-state index contributed by atoms with van der Waals surface area (Å²) >= 11 is 0. The molecule has 1 aliphatic carbocycles. The third-order valence-corrected chi connectivity index (χ3v) is 4.49. The van der Waals surface area contributed by atoms with Crippen LogP contribution in [0.15, 0.2) is 18.2 Å². The molecule has 1 saturated carbocycles. The molecule has 2 amide bonds.